The minimum atomic E-state index is 0.573. The molecule has 0 fully saturated rings. The third-order valence-electron chi connectivity index (χ3n) is 16.5. The number of para-hydroxylation sites is 6. The van der Waals surface area contributed by atoms with E-state index >= 15 is 0 Å². The van der Waals surface area contributed by atoms with Crippen LogP contribution >= 0.6 is 0 Å². The van der Waals surface area contributed by atoms with Crippen molar-refractivity contribution in [3.05, 3.63) is 279 Å². The number of fused-ring (bicyclic) bond motifs is 12. The molecule has 0 radical (unpaired) electrons. The van der Waals surface area contributed by atoms with Crippen LogP contribution in [0.15, 0.2) is 279 Å². The van der Waals surface area contributed by atoms with Crippen LogP contribution in [-0.2, 0) is 0 Å². The highest BCUT2D eigenvalue weighted by Crippen LogP contribution is 2.44. The van der Waals surface area contributed by atoms with E-state index in [1.54, 1.807) is 0 Å². The van der Waals surface area contributed by atoms with Crippen LogP contribution in [-0.4, -0.2) is 38.2 Å². The fourth-order valence-electron chi connectivity index (χ4n) is 12.9. The largest absolute Gasteiger partial charge is 0.309 e. The third-order valence-corrected chi connectivity index (χ3v) is 16.5. The first-order valence-electron chi connectivity index (χ1n) is 27.7. The van der Waals surface area contributed by atoms with E-state index < -0.39 is 0 Å². The standard InChI is InChI=1S/C74H46N8/c1-3-19-47(20-4-1)72-76-73(48-21-5-2-6-22-48)78-74(77-72)49-35-38-68(81-66-33-17-11-27-56(66)60-44-50(36-39-69(60)81)79-62-29-13-7-23-52(62)53-24-8-14-30-63(53)79)59(43-49)58-41-42-75-46-71(58)82-67-34-18-12-28-57(67)61-45-51(37-40-70(61)82)80-64-31-15-9-25-54(64)55-26-10-16-32-65(55)80/h1-46H. The quantitative estimate of drug-likeness (QED) is 0.152. The molecule has 382 valence electrons. The second kappa shape index (κ2) is 18.2. The SMILES string of the molecule is c1ccc(-c2nc(-c3ccccc3)nc(-c3ccc(-n4c5ccccc5c5cc(-n6c7ccccc7c7ccccc76)ccc54)c(-c4ccncc4-n4c5ccccc5c5cc(-n6c7ccccc7c7ccccc76)ccc54)c3)n2)cc1. The molecule has 11 aromatic carbocycles. The molecule has 0 aliphatic carbocycles. The molecule has 17 rings (SSSR count). The highest BCUT2D eigenvalue weighted by molar-refractivity contribution is 6.15. The van der Waals surface area contributed by atoms with Gasteiger partial charge in [-0.3, -0.25) is 4.98 Å². The first-order valence-corrected chi connectivity index (χ1v) is 27.7. The lowest BCUT2D eigenvalue weighted by Crippen LogP contribution is -2.04. The van der Waals surface area contributed by atoms with Gasteiger partial charge in [-0.25, -0.2) is 15.0 Å². The molecule has 0 aliphatic heterocycles. The number of nitrogens with zero attached hydrogens (tertiary/aromatic N) is 8. The lowest BCUT2D eigenvalue weighted by atomic mass is 9.99. The zero-order valence-corrected chi connectivity index (χ0v) is 44.1. The zero-order chi connectivity index (χ0) is 53.8. The fourth-order valence-corrected chi connectivity index (χ4v) is 12.9. The first-order chi connectivity index (χ1) is 40.7. The number of pyridine rings is 1. The van der Waals surface area contributed by atoms with Crippen LogP contribution in [0.25, 0.3) is 155 Å². The number of rotatable bonds is 8. The molecular weight excluding hydrogens is 1000 g/mol. The predicted molar refractivity (Wildman–Crippen MR) is 337 cm³/mol. The summed E-state index contributed by atoms with van der Waals surface area (Å²) in [7, 11) is 0. The molecule has 6 heterocycles. The molecule has 0 atom stereocenters. The highest BCUT2D eigenvalue weighted by atomic mass is 15.0. The lowest BCUT2D eigenvalue weighted by molar-refractivity contribution is 1.07. The summed E-state index contributed by atoms with van der Waals surface area (Å²) >= 11 is 0. The second-order valence-corrected chi connectivity index (χ2v) is 21.0. The summed E-state index contributed by atoms with van der Waals surface area (Å²) in [5, 5.41) is 9.53. The zero-order valence-electron chi connectivity index (χ0n) is 44.1. The van der Waals surface area contributed by atoms with Crippen LogP contribution in [0.4, 0.5) is 0 Å². The van der Waals surface area contributed by atoms with Gasteiger partial charge in [-0.15, -0.1) is 0 Å². The van der Waals surface area contributed by atoms with E-state index in [9.17, 15) is 0 Å². The van der Waals surface area contributed by atoms with Gasteiger partial charge in [0.25, 0.3) is 0 Å². The Bertz CT molecular complexity index is 5250. The molecule has 0 amide bonds. The maximum absolute atomic E-state index is 5.27. The topological polar surface area (TPSA) is 71.3 Å². The van der Waals surface area contributed by atoms with Crippen molar-refractivity contribution in [2.24, 2.45) is 0 Å². The van der Waals surface area contributed by atoms with Crippen molar-refractivity contribution in [2.75, 3.05) is 0 Å². The molecule has 8 heteroatoms. The van der Waals surface area contributed by atoms with Crippen molar-refractivity contribution in [3.63, 3.8) is 0 Å². The molecule has 0 bridgehead atoms. The van der Waals surface area contributed by atoms with Crippen molar-refractivity contribution in [3.8, 4) is 68.0 Å². The van der Waals surface area contributed by atoms with Gasteiger partial charge < -0.3 is 18.3 Å². The Hall–Kier alpha value is -11.2. The molecule has 8 nitrogen and oxygen atoms in total. The smallest absolute Gasteiger partial charge is 0.164 e. The molecule has 6 aromatic heterocycles. The van der Waals surface area contributed by atoms with E-state index in [0.29, 0.717) is 17.5 Å². The van der Waals surface area contributed by atoms with Gasteiger partial charge in [0, 0.05) is 88.5 Å². The highest BCUT2D eigenvalue weighted by Gasteiger charge is 2.24. The Morgan fingerprint density at radius 2 is 0.585 bits per heavy atom. The van der Waals surface area contributed by atoms with Crippen molar-refractivity contribution in [2.45, 2.75) is 0 Å². The molecule has 82 heavy (non-hydrogen) atoms. The lowest BCUT2D eigenvalue weighted by Gasteiger charge is -2.19. The molecule has 17 aromatic rings. The summed E-state index contributed by atoms with van der Waals surface area (Å²) in [6.45, 7) is 0. The Kier molecular flexibility index (Phi) is 10.1. The fraction of sp³-hybridized carbons (Fsp3) is 0. The summed E-state index contributed by atoms with van der Waals surface area (Å²) in [5.41, 5.74) is 17.8. The number of benzene rings is 11. The second-order valence-electron chi connectivity index (χ2n) is 21.0. The van der Waals surface area contributed by atoms with Gasteiger partial charge in [0.2, 0.25) is 0 Å². The minimum Gasteiger partial charge on any atom is -0.309 e. The average Bonchev–Trinajstić information content (AvgIpc) is 4.42. The summed E-state index contributed by atoms with van der Waals surface area (Å²) in [4.78, 5) is 20.6. The van der Waals surface area contributed by atoms with Gasteiger partial charge in [0.15, 0.2) is 17.5 Å². The molecule has 0 unspecified atom stereocenters. The van der Waals surface area contributed by atoms with Gasteiger partial charge in [0.05, 0.1) is 61.7 Å². The molecule has 0 aliphatic rings. The van der Waals surface area contributed by atoms with Crippen molar-refractivity contribution >= 4 is 87.2 Å². The van der Waals surface area contributed by atoms with Crippen molar-refractivity contribution in [1.82, 2.24) is 38.2 Å². The molecule has 0 N–H and O–H groups in total. The first kappa shape index (κ1) is 45.8. The third kappa shape index (κ3) is 6.98. The van der Waals surface area contributed by atoms with Crippen molar-refractivity contribution in [1.29, 1.82) is 0 Å². The number of aromatic nitrogens is 8. The van der Waals surface area contributed by atoms with Crippen LogP contribution in [0.3, 0.4) is 0 Å². The van der Waals surface area contributed by atoms with E-state index in [-0.39, 0.29) is 0 Å². The summed E-state index contributed by atoms with van der Waals surface area (Å²) < 4.78 is 9.63. The van der Waals surface area contributed by atoms with Crippen LogP contribution < -0.4 is 0 Å². The van der Waals surface area contributed by atoms with Crippen LogP contribution in [0, 0.1) is 0 Å². The Balaban J connectivity index is 0.922. The summed E-state index contributed by atoms with van der Waals surface area (Å²) in [6, 6.07) is 95.4. The summed E-state index contributed by atoms with van der Waals surface area (Å²) in [5.74, 6) is 1.78. The van der Waals surface area contributed by atoms with E-state index in [0.717, 1.165) is 94.2 Å². The number of hydrogen-bond donors (Lipinski definition) is 0. The predicted octanol–water partition coefficient (Wildman–Crippen LogP) is 18.3. The normalized spacial score (nSPS) is 11.9. The molecular formula is C74H46N8. The van der Waals surface area contributed by atoms with E-state index in [1.807, 2.05) is 48.8 Å². The maximum atomic E-state index is 5.27. The van der Waals surface area contributed by atoms with E-state index in [2.05, 4.69) is 249 Å². The van der Waals surface area contributed by atoms with Crippen LogP contribution in [0.1, 0.15) is 0 Å². The Labute approximate surface area is 470 Å². The minimum absolute atomic E-state index is 0.573. The Morgan fingerprint density at radius 3 is 1.02 bits per heavy atom. The van der Waals surface area contributed by atoms with Gasteiger partial charge >= 0.3 is 0 Å². The van der Waals surface area contributed by atoms with Crippen molar-refractivity contribution < 1.29 is 0 Å². The van der Waals surface area contributed by atoms with Crippen LogP contribution in [0.2, 0.25) is 0 Å². The van der Waals surface area contributed by atoms with Gasteiger partial charge in [-0.1, -0.05) is 170 Å². The van der Waals surface area contributed by atoms with Crippen LogP contribution in [0.5, 0.6) is 0 Å². The summed E-state index contributed by atoms with van der Waals surface area (Å²) in [6.07, 6.45) is 3.93. The van der Waals surface area contributed by atoms with Gasteiger partial charge in [0.1, 0.15) is 0 Å². The molecule has 0 saturated carbocycles. The monoisotopic (exact) mass is 1050 g/mol. The van der Waals surface area contributed by atoms with E-state index in [1.165, 1.54) is 43.6 Å². The van der Waals surface area contributed by atoms with Gasteiger partial charge in [-0.2, -0.15) is 0 Å². The number of hydrogen-bond acceptors (Lipinski definition) is 4. The van der Waals surface area contributed by atoms with E-state index in [4.69, 9.17) is 19.9 Å². The Morgan fingerprint density at radius 1 is 0.232 bits per heavy atom. The average molecular weight is 1050 g/mol. The van der Waals surface area contributed by atoms with Gasteiger partial charge in [-0.05, 0) is 97.1 Å². The molecule has 0 spiro atoms. The molecule has 0 saturated heterocycles. The maximum Gasteiger partial charge on any atom is 0.164 e.